The van der Waals surface area contributed by atoms with Gasteiger partial charge in [-0.15, -0.1) is 5.11 Å². The van der Waals surface area contributed by atoms with E-state index >= 15 is 0 Å². The van der Waals surface area contributed by atoms with E-state index in [1.54, 1.807) is 12.1 Å². The van der Waals surface area contributed by atoms with Gasteiger partial charge < -0.3 is 10.6 Å². The van der Waals surface area contributed by atoms with E-state index in [9.17, 15) is 9.59 Å². The van der Waals surface area contributed by atoms with Gasteiger partial charge >= 0.3 is 6.03 Å². The van der Waals surface area contributed by atoms with Crippen LogP contribution in [0.25, 0.3) is 0 Å². The summed E-state index contributed by atoms with van der Waals surface area (Å²) in [6, 6.07) is 6.65. The number of azo groups is 1. The quantitative estimate of drug-likeness (QED) is 0.868. The van der Waals surface area contributed by atoms with Crippen LogP contribution >= 0.6 is 0 Å². The van der Waals surface area contributed by atoms with E-state index in [4.69, 9.17) is 0 Å². The Morgan fingerprint density at radius 2 is 2.11 bits per heavy atom. The molecule has 1 unspecified atom stereocenters. The highest BCUT2D eigenvalue weighted by Crippen LogP contribution is 2.26. The molecule has 3 amide bonds. The van der Waals surface area contributed by atoms with Crippen LogP contribution in [0.4, 0.5) is 4.79 Å². The summed E-state index contributed by atoms with van der Waals surface area (Å²) in [4.78, 5) is 23.0. The SMILES string of the molecule is CCCNC(=O)NCC1N=NC(=O)c2ccccc21. The summed E-state index contributed by atoms with van der Waals surface area (Å²) in [5.41, 5.74) is 1.36. The molecule has 19 heavy (non-hydrogen) atoms. The van der Waals surface area contributed by atoms with Gasteiger partial charge in [-0.25, -0.2) is 4.79 Å². The molecule has 1 aliphatic rings. The van der Waals surface area contributed by atoms with Crippen molar-refractivity contribution in [3.63, 3.8) is 0 Å². The lowest BCUT2D eigenvalue weighted by Gasteiger charge is -2.18. The molecule has 1 heterocycles. The first-order chi connectivity index (χ1) is 9.22. The Morgan fingerprint density at radius 3 is 2.89 bits per heavy atom. The number of urea groups is 1. The molecule has 1 atom stereocenters. The molecule has 1 aromatic rings. The van der Waals surface area contributed by atoms with Crippen molar-refractivity contribution in [2.24, 2.45) is 10.2 Å². The van der Waals surface area contributed by atoms with Gasteiger partial charge in [0.05, 0.1) is 0 Å². The van der Waals surface area contributed by atoms with E-state index in [1.807, 2.05) is 19.1 Å². The molecular weight excluding hydrogens is 244 g/mol. The number of fused-ring (bicyclic) bond motifs is 1. The summed E-state index contributed by atoms with van der Waals surface area (Å²) in [7, 11) is 0. The Hall–Kier alpha value is -2.24. The molecule has 0 radical (unpaired) electrons. The minimum absolute atomic E-state index is 0.230. The summed E-state index contributed by atoms with van der Waals surface area (Å²) in [6.45, 7) is 2.94. The molecule has 2 N–H and O–H groups in total. The summed E-state index contributed by atoms with van der Waals surface area (Å²) >= 11 is 0. The third-order valence-corrected chi connectivity index (χ3v) is 2.83. The van der Waals surface area contributed by atoms with Crippen LogP contribution in [-0.4, -0.2) is 25.0 Å². The number of hydrogen-bond acceptors (Lipinski definition) is 3. The molecule has 0 saturated carbocycles. The number of nitrogens with one attached hydrogen (secondary N) is 2. The van der Waals surface area contributed by atoms with E-state index in [2.05, 4.69) is 20.9 Å². The fourth-order valence-electron chi connectivity index (χ4n) is 1.86. The second-order valence-corrected chi connectivity index (χ2v) is 4.26. The molecule has 100 valence electrons. The molecule has 6 heteroatoms. The molecule has 0 saturated heterocycles. The van der Waals surface area contributed by atoms with Crippen molar-refractivity contribution < 1.29 is 9.59 Å². The van der Waals surface area contributed by atoms with Crippen LogP contribution in [0.1, 0.15) is 35.3 Å². The predicted molar refractivity (Wildman–Crippen MR) is 70.1 cm³/mol. The molecule has 0 bridgehead atoms. The van der Waals surface area contributed by atoms with E-state index in [-0.39, 0.29) is 18.0 Å². The fraction of sp³-hybridized carbons (Fsp3) is 0.385. The first-order valence-electron chi connectivity index (χ1n) is 6.28. The highest BCUT2D eigenvalue weighted by atomic mass is 16.2. The lowest BCUT2D eigenvalue weighted by atomic mass is 9.99. The molecule has 1 aromatic carbocycles. The lowest BCUT2D eigenvalue weighted by Crippen LogP contribution is -2.38. The van der Waals surface area contributed by atoms with Crippen molar-refractivity contribution in [1.82, 2.24) is 10.6 Å². The highest BCUT2D eigenvalue weighted by molar-refractivity contribution is 5.96. The van der Waals surface area contributed by atoms with Crippen LogP contribution in [-0.2, 0) is 0 Å². The zero-order valence-electron chi connectivity index (χ0n) is 10.7. The van der Waals surface area contributed by atoms with Crippen LogP contribution < -0.4 is 10.6 Å². The number of hydrogen-bond donors (Lipinski definition) is 2. The van der Waals surface area contributed by atoms with E-state index in [1.165, 1.54) is 0 Å². The van der Waals surface area contributed by atoms with Crippen molar-refractivity contribution in [3.05, 3.63) is 35.4 Å². The van der Waals surface area contributed by atoms with Crippen LogP contribution in [0, 0.1) is 0 Å². The highest BCUT2D eigenvalue weighted by Gasteiger charge is 2.23. The first kappa shape index (κ1) is 13.2. The van der Waals surface area contributed by atoms with Crippen LogP contribution in [0.5, 0.6) is 0 Å². The van der Waals surface area contributed by atoms with Gasteiger partial charge in [-0.3, -0.25) is 4.79 Å². The Labute approximate surface area is 111 Å². The number of rotatable bonds is 4. The topological polar surface area (TPSA) is 82.9 Å². The van der Waals surface area contributed by atoms with Crippen LogP contribution in [0.3, 0.4) is 0 Å². The lowest BCUT2D eigenvalue weighted by molar-refractivity contribution is 0.0985. The maximum atomic E-state index is 11.6. The summed E-state index contributed by atoms with van der Waals surface area (Å²) < 4.78 is 0. The number of nitrogens with zero attached hydrogens (tertiary/aromatic N) is 2. The standard InChI is InChI=1S/C13H16N4O2/c1-2-7-14-13(19)15-8-11-9-5-3-4-6-10(9)12(18)17-16-11/h3-6,11H,2,7-8H2,1H3,(H2,14,15,19). The van der Waals surface area contributed by atoms with Crippen molar-refractivity contribution >= 4 is 11.9 Å². The van der Waals surface area contributed by atoms with Crippen LogP contribution in [0.15, 0.2) is 34.5 Å². The number of carbonyl (C=O) groups excluding carboxylic acids is 2. The van der Waals surface area contributed by atoms with Gasteiger partial charge in [-0.2, -0.15) is 5.11 Å². The molecule has 0 spiro atoms. The van der Waals surface area contributed by atoms with Crippen molar-refractivity contribution in [3.8, 4) is 0 Å². The molecule has 0 aliphatic carbocycles. The Balaban J connectivity index is 2.00. The Morgan fingerprint density at radius 1 is 1.32 bits per heavy atom. The average Bonchev–Trinajstić information content (AvgIpc) is 2.45. The summed E-state index contributed by atoms with van der Waals surface area (Å²) in [5, 5.41) is 13.0. The zero-order chi connectivity index (χ0) is 13.7. The van der Waals surface area contributed by atoms with Crippen molar-refractivity contribution in [2.45, 2.75) is 19.4 Å². The number of benzene rings is 1. The van der Waals surface area contributed by atoms with Gasteiger partial charge in [-0.1, -0.05) is 25.1 Å². The van der Waals surface area contributed by atoms with E-state index in [0.717, 1.165) is 12.0 Å². The normalized spacial score (nSPS) is 16.9. The molecular formula is C13H16N4O2. The molecule has 1 aliphatic heterocycles. The monoisotopic (exact) mass is 260 g/mol. The fourth-order valence-corrected chi connectivity index (χ4v) is 1.86. The second-order valence-electron chi connectivity index (χ2n) is 4.26. The molecule has 0 fully saturated rings. The number of amides is 3. The third-order valence-electron chi connectivity index (χ3n) is 2.83. The summed E-state index contributed by atoms with van der Waals surface area (Å²) in [5.74, 6) is -0.331. The van der Waals surface area contributed by atoms with Gasteiger partial charge in [-0.05, 0) is 18.1 Å². The Kier molecular flexibility index (Phi) is 4.22. The first-order valence-corrected chi connectivity index (χ1v) is 6.28. The van der Waals surface area contributed by atoms with E-state index < -0.39 is 0 Å². The molecule has 2 rings (SSSR count). The molecule has 0 aromatic heterocycles. The van der Waals surface area contributed by atoms with Crippen molar-refractivity contribution in [2.75, 3.05) is 13.1 Å². The van der Waals surface area contributed by atoms with Gasteiger partial charge in [0, 0.05) is 18.7 Å². The van der Waals surface area contributed by atoms with E-state index in [0.29, 0.717) is 18.7 Å². The Bertz CT molecular complexity index is 513. The maximum Gasteiger partial charge on any atom is 0.314 e. The van der Waals surface area contributed by atoms with Crippen molar-refractivity contribution in [1.29, 1.82) is 0 Å². The smallest absolute Gasteiger partial charge is 0.314 e. The van der Waals surface area contributed by atoms with Gasteiger partial charge in [0.25, 0.3) is 5.91 Å². The predicted octanol–water partition coefficient (Wildman–Crippen LogP) is 2.04. The average molecular weight is 260 g/mol. The maximum absolute atomic E-state index is 11.6. The van der Waals surface area contributed by atoms with Gasteiger partial charge in [0.2, 0.25) is 0 Å². The second kappa shape index (κ2) is 6.08. The summed E-state index contributed by atoms with van der Waals surface area (Å²) in [6.07, 6.45) is 0.883. The minimum atomic E-state index is -0.331. The minimum Gasteiger partial charge on any atom is -0.338 e. The van der Waals surface area contributed by atoms with Gasteiger partial charge in [0.15, 0.2) is 0 Å². The third kappa shape index (κ3) is 3.15. The number of carbonyl (C=O) groups is 2. The largest absolute Gasteiger partial charge is 0.338 e. The van der Waals surface area contributed by atoms with Crippen LogP contribution in [0.2, 0.25) is 0 Å². The van der Waals surface area contributed by atoms with Gasteiger partial charge in [0.1, 0.15) is 6.04 Å². The zero-order valence-corrected chi connectivity index (χ0v) is 10.7. The molecule has 6 nitrogen and oxygen atoms in total.